The fourth-order valence-electron chi connectivity index (χ4n) is 0.994. The van der Waals surface area contributed by atoms with Crippen LogP contribution >= 0.6 is 0 Å². The Hall–Kier alpha value is -1.16. The van der Waals surface area contributed by atoms with Crippen LogP contribution in [0.25, 0.3) is 0 Å². The second-order valence-electron chi connectivity index (χ2n) is 2.64. The molecule has 0 aliphatic heterocycles. The molecule has 1 rings (SSSR count). The minimum absolute atomic E-state index is 0.384. The van der Waals surface area contributed by atoms with Gasteiger partial charge in [-0.3, -0.25) is 0 Å². The monoisotopic (exact) mass is 187 g/mol. The summed E-state index contributed by atoms with van der Waals surface area (Å²) in [7, 11) is 1.48. The number of nitrogens with two attached hydrogens (primary N) is 1. The lowest BCUT2D eigenvalue weighted by Crippen LogP contribution is -2.18. The van der Waals surface area contributed by atoms with Gasteiger partial charge in [-0.1, -0.05) is 12.1 Å². The molecule has 0 radical (unpaired) electrons. The van der Waals surface area contributed by atoms with Crippen molar-refractivity contribution in [1.29, 1.82) is 0 Å². The number of ether oxygens (including phenoxy) is 1. The summed E-state index contributed by atoms with van der Waals surface area (Å²) in [5.74, 6) is 0.536. The number of benzene rings is 1. The third-order valence-corrected chi connectivity index (χ3v) is 1.75. The smallest absolute Gasteiger partial charge is 0.257 e. The topological polar surface area (TPSA) is 35.2 Å². The van der Waals surface area contributed by atoms with Crippen LogP contribution in [0.2, 0.25) is 0 Å². The molecule has 0 fully saturated rings. The summed E-state index contributed by atoms with van der Waals surface area (Å²) in [4.78, 5) is 0. The highest BCUT2D eigenvalue weighted by Gasteiger charge is 2.17. The minimum Gasteiger partial charge on any atom is -0.497 e. The zero-order chi connectivity index (χ0) is 9.84. The molecular formula is C9H11F2NO. The largest absolute Gasteiger partial charge is 0.497 e. The lowest BCUT2D eigenvalue weighted by Gasteiger charge is -2.11. The number of rotatable bonds is 3. The van der Waals surface area contributed by atoms with Gasteiger partial charge in [-0.15, -0.1) is 0 Å². The van der Waals surface area contributed by atoms with E-state index in [-0.39, 0.29) is 0 Å². The quantitative estimate of drug-likeness (QED) is 0.785. The van der Waals surface area contributed by atoms with E-state index in [1.807, 2.05) is 0 Å². The molecule has 0 amide bonds. The molecule has 2 N–H and O–H groups in total. The Morgan fingerprint density at radius 1 is 1.38 bits per heavy atom. The van der Waals surface area contributed by atoms with Crippen LogP contribution < -0.4 is 10.5 Å². The molecule has 1 aromatic rings. The number of hydrogen-bond acceptors (Lipinski definition) is 2. The molecule has 0 aliphatic carbocycles. The zero-order valence-corrected chi connectivity index (χ0v) is 7.21. The van der Waals surface area contributed by atoms with Gasteiger partial charge >= 0.3 is 0 Å². The molecule has 2 nitrogen and oxygen atoms in total. The third-order valence-electron chi connectivity index (χ3n) is 1.75. The lowest BCUT2D eigenvalue weighted by atomic mass is 10.1. The second kappa shape index (κ2) is 4.18. The average Bonchev–Trinajstić information content (AvgIpc) is 2.16. The Labute approximate surface area is 75.3 Å². The summed E-state index contributed by atoms with van der Waals surface area (Å²) in [5, 5.41) is 0. The van der Waals surface area contributed by atoms with Gasteiger partial charge in [0, 0.05) is 0 Å². The summed E-state index contributed by atoms with van der Waals surface area (Å²) >= 11 is 0. The normalized spacial score (nSPS) is 13.0. The van der Waals surface area contributed by atoms with Crippen molar-refractivity contribution in [2.45, 2.75) is 12.5 Å². The molecule has 0 unspecified atom stereocenters. The summed E-state index contributed by atoms with van der Waals surface area (Å²) in [6.45, 7) is 0. The first-order valence-corrected chi connectivity index (χ1v) is 3.83. The molecular weight excluding hydrogens is 176 g/mol. The summed E-state index contributed by atoms with van der Waals surface area (Å²) < 4.78 is 29.3. The van der Waals surface area contributed by atoms with Crippen molar-refractivity contribution in [1.82, 2.24) is 0 Å². The number of alkyl halides is 2. The van der Waals surface area contributed by atoms with Gasteiger partial charge in [-0.2, -0.15) is 0 Å². The Morgan fingerprint density at radius 3 is 2.62 bits per heavy atom. The van der Waals surface area contributed by atoms with E-state index in [1.165, 1.54) is 13.2 Å². The molecule has 0 saturated carbocycles. The highest BCUT2D eigenvalue weighted by Crippen LogP contribution is 2.21. The standard InChI is InChI=1S/C9H11F2NO/c1-13-7-4-2-3-6(5-7)8(12)9(10)11/h2-5,8-9H,12H2,1H3/t8-/m1/s1. The first-order chi connectivity index (χ1) is 6.15. The fourth-order valence-corrected chi connectivity index (χ4v) is 0.994. The molecule has 0 aromatic heterocycles. The third kappa shape index (κ3) is 2.39. The van der Waals surface area contributed by atoms with Gasteiger partial charge in [-0.25, -0.2) is 8.78 Å². The maximum Gasteiger partial charge on any atom is 0.257 e. The van der Waals surface area contributed by atoms with E-state index in [9.17, 15) is 8.78 Å². The minimum atomic E-state index is -2.55. The van der Waals surface area contributed by atoms with Gasteiger partial charge in [0.15, 0.2) is 0 Å². The molecule has 0 heterocycles. The van der Waals surface area contributed by atoms with Crippen LogP contribution in [0.15, 0.2) is 24.3 Å². The molecule has 0 saturated heterocycles. The highest BCUT2D eigenvalue weighted by molar-refractivity contribution is 5.30. The maximum atomic E-state index is 12.2. The Kier molecular flexibility index (Phi) is 3.19. The first kappa shape index (κ1) is 9.92. The second-order valence-corrected chi connectivity index (χ2v) is 2.64. The van der Waals surface area contributed by atoms with E-state index in [0.29, 0.717) is 11.3 Å². The SMILES string of the molecule is COc1cccc([C@@H](N)C(F)F)c1. The lowest BCUT2D eigenvalue weighted by molar-refractivity contribution is 0.116. The van der Waals surface area contributed by atoms with Crippen LogP contribution in [0, 0.1) is 0 Å². The Bertz CT molecular complexity index is 278. The van der Waals surface area contributed by atoms with Crippen LogP contribution in [0.3, 0.4) is 0 Å². The fraction of sp³-hybridized carbons (Fsp3) is 0.333. The number of methoxy groups -OCH3 is 1. The molecule has 1 atom stereocenters. The van der Waals surface area contributed by atoms with E-state index < -0.39 is 12.5 Å². The van der Waals surface area contributed by atoms with E-state index in [2.05, 4.69) is 0 Å². The number of hydrogen-bond donors (Lipinski definition) is 1. The summed E-state index contributed by atoms with van der Waals surface area (Å²) in [6.07, 6.45) is -2.55. The van der Waals surface area contributed by atoms with Crippen LogP contribution in [0.1, 0.15) is 11.6 Å². The van der Waals surface area contributed by atoms with Crippen LogP contribution in [-0.4, -0.2) is 13.5 Å². The van der Waals surface area contributed by atoms with E-state index in [4.69, 9.17) is 10.5 Å². The van der Waals surface area contributed by atoms with E-state index in [0.717, 1.165) is 0 Å². The Balaban J connectivity index is 2.88. The van der Waals surface area contributed by atoms with Crippen molar-refractivity contribution >= 4 is 0 Å². The predicted molar refractivity (Wildman–Crippen MR) is 45.9 cm³/mol. The molecule has 1 aromatic carbocycles. The van der Waals surface area contributed by atoms with E-state index in [1.54, 1.807) is 18.2 Å². The van der Waals surface area contributed by atoms with Crippen LogP contribution in [0.5, 0.6) is 5.75 Å². The zero-order valence-electron chi connectivity index (χ0n) is 7.21. The van der Waals surface area contributed by atoms with E-state index >= 15 is 0 Å². The van der Waals surface area contributed by atoms with Crippen molar-refractivity contribution in [3.05, 3.63) is 29.8 Å². The van der Waals surface area contributed by atoms with Crippen LogP contribution in [-0.2, 0) is 0 Å². The van der Waals surface area contributed by atoms with Crippen molar-refractivity contribution in [2.24, 2.45) is 5.73 Å². The molecule has 4 heteroatoms. The molecule has 0 bridgehead atoms. The molecule has 0 spiro atoms. The van der Waals surface area contributed by atoms with Crippen molar-refractivity contribution in [2.75, 3.05) is 7.11 Å². The predicted octanol–water partition coefficient (Wildman–Crippen LogP) is 1.96. The van der Waals surface area contributed by atoms with Crippen molar-refractivity contribution in [3.8, 4) is 5.75 Å². The number of halogens is 2. The Morgan fingerprint density at radius 2 is 2.08 bits per heavy atom. The summed E-state index contributed by atoms with van der Waals surface area (Å²) in [6, 6.07) is 5.14. The first-order valence-electron chi connectivity index (χ1n) is 3.83. The average molecular weight is 187 g/mol. The van der Waals surface area contributed by atoms with Gasteiger partial charge in [-0.05, 0) is 17.7 Å². The van der Waals surface area contributed by atoms with Gasteiger partial charge in [0.05, 0.1) is 13.2 Å². The van der Waals surface area contributed by atoms with Crippen LogP contribution in [0.4, 0.5) is 8.78 Å². The summed E-state index contributed by atoms with van der Waals surface area (Å²) in [5.41, 5.74) is 5.64. The van der Waals surface area contributed by atoms with Crippen molar-refractivity contribution < 1.29 is 13.5 Å². The maximum absolute atomic E-state index is 12.2. The van der Waals surface area contributed by atoms with Gasteiger partial charge < -0.3 is 10.5 Å². The highest BCUT2D eigenvalue weighted by atomic mass is 19.3. The molecule has 0 aliphatic rings. The molecule has 13 heavy (non-hydrogen) atoms. The van der Waals surface area contributed by atoms with Crippen molar-refractivity contribution in [3.63, 3.8) is 0 Å². The van der Waals surface area contributed by atoms with Gasteiger partial charge in [0.25, 0.3) is 6.43 Å². The molecule has 72 valence electrons. The van der Waals surface area contributed by atoms with Gasteiger partial charge in [0.2, 0.25) is 0 Å². The van der Waals surface area contributed by atoms with Gasteiger partial charge in [0.1, 0.15) is 5.75 Å².